The Bertz CT molecular complexity index is 1160. The second-order valence-electron chi connectivity index (χ2n) is 9.18. The molecular formula is C16F34Sn+2. The molecule has 0 aromatic heterocycles. The van der Waals surface area contributed by atoms with Gasteiger partial charge in [0.05, 0.1) is 0 Å². The SMILES string of the molecule is FC(F)(F)C(F)(F)C(F)(F)C(F)(F)C(F)(F)C(F)(F)[C](F)([Sn+2][C](F)(C(F)(F)F)C(F)(F)C(F)(F)C(F)(F)C(F)(F)C(F)(F)C(F)(F)F)C(F)(F)F. The van der Waals surface area contributed by atoms with E-state index >= 15 is 0 Å². The van der Waals surface area contributed by atoms with Gasteiger partial charge < -0.3 is 0 Å². The van der Waals surface area contributed by atoms with Crippen molar-refractivity contribution in [1.82, 2.24) is 0 Å². The van der Waals surface area contributed by atoms with E-state index in [4.69, 9.17) is 0 Å². The van der Waals surface area contributed by atoms with Crippen LogP contribution in [0, 0.1) is 0 Å². The summed E-state index contributed by atoms with van der Waals surface area (Å²) in [5, 5.41) is 0. The Hall–Kier alpha value is -1.58. The van der Waals surface area contributed by atoms with Crippen LogP contribution in [0.4, 0.5) is 149 Å². The molecule has 0 amide bonds. The summed E-state index contributed by atoms with van der Waals surface area (Å²) in [5.74, 6) is -95.9. The molecule has 0 radical (unpaired) electrons. The Morgan fingerprint density at radius 3 is 0.431 bits per heavy atom. The van der Waals surface area contributed by atoms with Crippen LogP contribution in [0.25, 0.3) is 0 Å². The molecule has 0 aliphatic rings. The topological polar surface area (TPSA) is 0 Å². The average Bonchev–Trinajstić information content (AvgIpc) is 2.84. The van der Waals surface area contributed by atoms with Crippen LogP contribution in [0.3, 0.4) is 0 Å². The van der Waals surface area contributed by atoms with E-state index in [0.717, 1.165) is 0 Å². The van der Waals surface area contributed by atoms with E-state index in [0.29, 0.717) is 0 Å². The number of hydrogen-bond donors (Lipinski definition) is 0. The Kier molecular flexibility index (Phi) is 11.6. The molecule has 0 saturated heterocycles. The van der Waals surface area contributed by atoms with Gasteiger partial charge in [0, 0.05) is 0 Å². The van der Waals surface area contributed by atoms with Gasteiger partial charge in [-0.05, 0) is 0 Å². The van der Waals surface area contributed by atoms with Crippen LogP contribution < -0.4 is 0 Å². The van der Waals surface area contributed by atoms with Gasteiger partial charge >= 0.3 is 262 Å². The van der Waals surface area contributed by atoms with E-state index in [-0.39, 0.29) is 0 Å². The van der Waals surface area contributed by atoms with Crippen molar-refractivity contribution in [3.05, 3.63) is 0 Å². The number of halogens is 34. The summed E-state index contributed by atoms with van der Waals surface area (Å²) in [5.41, 5.74) is 0. The summed E-state index contributed by atoms with van der Waals surface area (Å²) in [6.45, 7) is 0. The molecule has 0 nitrogen and oxygen atoms in total. The first kappa shape index (κ1) is 49.4. The average molecular weight is 957 g/mol. The van der Waals surface area contributed by atoms with Crippen molar-refractivity contribution < 1.29 is 149 Å². The van der Waals surface area contributed by atoms with E-state index in [1.807, 2.05) is 0 Å². The molecule has 0 saturated carbocycles. The zero-order chi connectivity index (χ0) is 42.7. The van der Waals surface area contributed by atoms with Gasteiger partial charge in [-0.3, -0.25) is 0 Å². The van der Waals surface area contributed by atoms with Gasteiger partial charge in [0.2, 0.25) is 0 Å². The zero-order valence-electron chi connectivity index (χ0n) is 21.4. The fraction of sp³-hybridized carbons (Fsp3) is 1.00. The van der Waals surface area contributed by atoms with Crippen molar-refractivity contribution >= 4 is 21.1 Å². The van der Waals surface area contributed by atoms with Crippen LogP contribution in [0.5, 0.6) is 0 Å². The van der Waals surface area contributed by atoms with Crippen molar-refractivity contribution in [3.63, 3.8) is 0 Å². The maximum atomic E-state index is 14.7. The first-order chi connectivity index (χ1) is 21.2. The molecule has 0 bridgehead atoms. The third kappa shape index (κ3) is 6.13. The molecule has 0 spiro atoms. The first-order valence-electron chi connectivity index (χ1n) is 10.4. The summed E-state index contributed by atoms with van der Waals surface area (Å²) < 4.78 is 433. The van der Waals surface area contributed by atoms with Crippen LogP contribution in [-0.4, -0.2) is 112 Å². The van der Waals surface area contributed by atoms with E-state index < -0.39 is 112 Å². The van der Waals surface area contributed by atoms with Gasteiger partial charge in [-0.2, -0.15) is 0 Å². The maximum absolute atomic E-state index is 14.7. The third-order valence-corrected chi connectivity index (χ3v) is 11.2. The van der Waals surface area contributed by atoms with Crippen LogP contribution in [0.15, 0.2) is 0 Å². The molecule has 2 unspecified atom stereocenters. The van der Waals surface area contributed by atoms with E-state index in [9.17, 15) is 149 Å². The van der Waals surface area contributed by atoms with Gasteiger partial charge in [-0.25, -0.2) is 0 Å². The van der Waals surface area contributed by atoms with E-state index in [2.05, 4.69) is 0 Å². The van der Waals surface area contributed by atoms with Crippen molar-refractivity contribution in [2.75, 3.05) is 0 Å². The molecule has 35 heteroatoms. The molecule has 0 fully saturated rings. The fourth-order valence-electron chi connectivity index (χ4n) is 2.86. The number of rotatable bonds is 12. The van der Waals surface area contributed by atoms with Crippen LogP contribution in [0.2, 0.25) is 0 Å². The number of hydrogen-bond acceptors (Lipinski definition) is 0. The monoisotopic (exact) mass is 958 g/mol. The van der Waals surface area contributed by atoms with Crippen molar-refractivity contribution in [3.8, 4) is 0 Å². The van der Waals surface area contributed by atoms with E-state index in [1.165, 1.54) is 0 Å². The standard InChI is InChI=1S/2C8F17.Sn/c2*9-1(3(12,13)14)2(10,11)4(15,16)5(17,18)6(19,20)7(21,22)8(23,24)25;/q;;+2. The second-order valence-corrected chi connectivity index (χ2v) is 13.8. The molecule has 0 rings (SSSR count). The minimum atomic E-state index is -9.93. The van der Waals surface area contributed by atoms with Crippen LogP contribution >= 0.6 is 0 Å². The number of alkyl halides is 34. The Morgan fingerprint density at radius 1 is 0.157 bits per heavy atom. The van der Waals surface area contributed by atoms with Crippen molar-refractivity contribution in [2.24, 2.45) is 0 Å². The molecule has 2 atom stereocenters. The summed E-state index contributed by atoms with van der Waals surface area (Å²) in [7, 11) is 0. The Balaban J connectivity index is 8.21. The van der Waals surface area contributed by atoms with Crippen molar-refractivity contribution in [2.45, 2.75) is 91.3 Å². The van der Waals surface area contributed by atoms with Gasteiger partial charge in [-0.15, -0.1) is 0 Å². The summed E-state index contributed by atoms with van der Waals surface area (Å²) in [4.78, 5) is 0. The Morgan fingerprint density at radius 2 is 0.294 bits per heavy atom. The summed E-state index contributed by atoms with van der Waals surface area (Å²) >= 11 is -9.33. The normalized spacial score (nSPS) is 19.0. The molecule has 0 aliphatic carbocycles. The molecule has 0 aromatic rings. The van der Waals surface area contributed by atoms with Crippen LogP contribution in [-0.2, 0) is 0 Å². The molecule has 0 heterocycles. The molecule has 304 valence electrons. The molecule has 51 heavy (non-hydrogen) atoms. The summed E-state index contributed by atoms with van der Waals surface area (Å²) in [6, 6.07) is 0. The molecular weight excluding hydrogens is 957 g/mol. The molecule has 0 N–H and O–H groups in total. The third-order valence-electron chi connectivity index (χ3n) is 5.86. The second kappa shape index (κ2) is 12.0. The first-order valence-corrected chi connectivity index (χ1v) is 13.3. The molecule has 0 aliphatic heterocycles. The summed E-state index contributed by atoms with van der Waals surface area (Å²) in [6.07, 6.45) is -35.2. The van der Waals surface area contributed by atoms with Gasteiger partial charge in [0.1, 0.15) is 0 Å². The quantitative estimate of drug-likeness (QED) is 0.135. The zero-order valence-corrected chi connectivity index (χ0v) is 24.2. The predicted molar refractivity (Wildman–Crippen MR) is 87.1 cm³/mol. The van der Waals surface area contributed by atoms with Gasteiger partial charge in [0.25, 0.3) is 0 Å². The fourth-order valence-corrected chi connectivity index (χ4v) is 6.82. The minimum absolute atomic E-state index is 8.42. The predicted octanol–water partition coefficient (Wildman–Crippen LogP) is 10.6. The van der Waals surface area contributed by atoms with Gasteiger partial charge in [-0.1, -0.05) is 0 Å². The van der Waals surface area contributed by atoms with Gasteiger partial charge in [0.15, 0.2) is 0 Å². The van der Waals surface area contributed by atoms with Crippen molar-refractivity contribution in [1.29, 1.82) is 0 Å². The molecule has 0 aromatic carbocycles. The Labute approximate surface area is 262 Å². The van der Waals surface area contributed by atoms with E-state index in [1.54, 1.807) is 0 Å². The van der Waals surface area contributed by atoms with Crippen LogP contribution in [0.1, 0.15) is 0 Å².